The lowest BCUT2D eigenvalue weighted by Gasteiger charge is -2.39. The van der Waals surface area contributed by atoms with E-state index >= 15 is 0 Å². The van der Waals surface area contributed by atoms with Crippen molar-refractivity contribution in [1.29, 1.82) is 0 Å². The molecule has 2 heterocycles. The Kier molecular flexibility index (Phi) is 4.93. The average molecular weight is 404 g/mol. The molecule has 30 heavy (non-hydrogen) atoms. The monoisotopic (exact) mass is 403 g/mol. The first-order chi connectivity index (χ1) is 14.6. The highest BCUT2D eigenvalue weighted by Crippen LogP contribution is 2.45. The van der Waals surface area contributed by atoms with Gasteiger partial charge >= 0.3 is 0 Å². The zero-order valence-corrected chi connectivity index (χ0v) is 17.2. The summed E-state index contributed by atoms with van der Waals surface area (Å²) in [5.41, 5.74) is 12.7. The van der Waals surface area contributed by atoms with E-state index in [9.17, 15) is 4.39 Å². The number of anilines is 1. The topological polar surface area (TPSA) is 36.5 Å². The summed E-state index contributed by atoms with van der Waals surface area (Å²) < 4.78 is 19.5. The van der Waals surface area contributed by atoms with Crippen LogP contribution in [0.4, 0.5) is 10.1 Å². The Balaban J connectivity index is 1.49. The molecular formula is C25H26FN3O. The Morgan fingerprint density at radius 3 is 2.43 bits per heavy atom. The molecule has 154 valence electrons. The van der Waals surface area contributed by atoms with Crippen LogP contribution in [0, 0.1) is 18.7 Å². The maximum Gasteiger partial charge on any atom is 0.123 e. The fourth-order valence-corrected chi connectivity index (χ4v) is 4.73. The first kappa shape index (κ1) is 19.1. The third-order valence-corrected chi connectivity index (χ3v) is 6.32. The number of hydrazine groups is 1. The maximum absolute atomic E-state index is 14.2. The number of nitrogens with zero attached hydrogens (tertiary/aromatic N) is 1. The van der Waals surface area contributed by atoms with Gasteiger partial charge in [-0.15, -0.1) is 0 Å². The number of ether oxygens (including phenoxy) is 1. The highest BCUT2D eigenvalue weighted by Gasteiger charge is 2.43. The van der Waals surface area contributed by atoms with E-state index in [1.165, 1.54) is 16.7 Å². The second-order valence-corrected chi connectivity index (χ2v) is 8.25. The van der Waals surface area contributed by atoms with E-state index in [-0.39, 0.29) is 23.8 Å². The van der Waals surface area contributed by atoms with Crippen molar-refractivity contribution in [2.45, 2.75) is 25.6 Å². The van der Waals surface area contributed by atoms with Crippen LogP contribution in [0.2, 0.25) is 0 Å². The standard InChI is InChI=1S/C25H26FN3O/c1-16-3-5-17(6-4-16)14-29-15-22-24(18-7-10-20(30-2)11-8-18)27-28-25(22)21-13-19(26)9-12-23(21)29/h3-13,22,24-25,27-28H,14-15H2,1-2H3. The molecule has 0 aromatic heterocycles. The quantitative estimate of drug-likeness (QED) is 0.664. The molecule has 0 spiro atoms. The van der Waals surface area contributed by atoms with Crippen LogP contribution in [-0.4, -0.2) is 13.7 Å². The van der Waals surface area contributed by atoms with Gasteiger partial charge in [0.15, 0.2) is 0 Å². The molecule has 0 bridgehead atoms. The molecule has 0 aliphatic carbocycles. The van der Waals surface area contributed by atoms with Crippen LogP contribution in [-0.2, 0) is 6.54 Å². The van der Waals surface area contributed by atoms with Crippen molar-refractivity contribution in [2.75, 3.05) is 18.6 Å². The number of aryl methyl sites for hydroxylation is 1. The average Bonchev–Trinajstić information content (AvgIpc) is 3.19. The van der Waals surface area contributed by atoms with Gasteiger partial charge in [0.2, 0.25) is 0 Å². The molecule has 0 amide bonds. The van der Waals surface area contributed by atoms with Gasteiger partial charge < -0.3 is 9.64 Å². The molecule has 5 heteroatoms. The van der Waals surface area contributed by atoms with E-state index in [1.54, 1.807) is 19.2 Å². The van der Waals surface area contributed by atoms with E-state index < -0.39 is 0 Å². The van der Waals surface area contributed by atoms with Crippen LogP contribution in [0.1, 0.15) is 34.3 Å². The third-order valence-electron chi connectivity index (χ3n) is 6.32. The molecule has 3 aromatic carbocycles. The normalized spacial score (nSPS) is 22.5. The predicted molar refractivity (Wildman–Crippen MR) is 117 cm³/mol. The van der Waals surface area contributed by atoms with Gasteiger partial charge in [0.05, 0.1) is 19.2 Å². The summed E-state index contributed by atoms with van der Waals surface area (Å²) in [6, 6.07) is 22.2. The van der Waals surface area contributed by atoms with Crippen molar-refractivity contribution in [2.24, 2.45) is 5.92 Å². The van der Waals surface area contributed by atoms with Crippen LogP contribution in [0.3, 0.4) is 0 Å². The molecule has 3 unspecified atom stereocenters. The van der Waals surface area contributed by atoms with Crippen molar-refractivity contribution in [3.63, 3.8) is 0 Å². The van der Waals surface area contributed by atoms with Crippen molar-refractivity contribution in [3.05, 3.63) is 94.8 Å². The first-order valence-corrected chi connectivity index (χ1v) is 10.4. The summed E-state index contributed by atoms with van der Waals surface area (Å²) in [5, 5.41) is 0. The Hall–Kier alpha value is -2.89. The molecule has 5 rings (SSSR count). The van der Waals surface area contributed by atoms with Crippen LogP contribution in [0.15, 0.2) is 66.7 Å². The number of hydrogen-bond acceptors (Lipinski definition) is 4. The first-order valence-electron chi connectivity index (χ1n) is 10.4. The second-order valence-electron chi connectivity index (χ2n) is 8.25. The number of hydrogen-bond donors (Lipinski definition) is 2. The van der Waals surface area contributed by atoms with E-state index in [1.807, 2.05) is 18.2 Å². The van der Waals surface area contributed by atoms with Crippen molar-refractivity contribution in [1.82, 2.24) is 10.9 Å². The van der Waals surface area contributed by atoms with Gasteiger partial charge in [-0.05, 0) is 53.9 Å². The van der Waals surface area contributed by atoms with Crippen LogP contribution >= 0.6 is 0 Å². The van der Waals surface area contributed by atoms with Gasteiger partial charge in [-0.25, -0.2) is 15.2 Å². The molecule has 3 aromatic rings. The molecule has 0 radical (unpaired) electrons. The SMILES string of the molecule is COc1ccc(C2NNC3c4cc(F)ccc4N(Cc4ccc(C)cc4)CC23)cc1. The lowest BCUT2D eigenvalue weighted by molar-refractivity contribution is 0.398. The number of methoxy groups -OCH3 is 1. The highest BCUT2D eigenvalue weighted by molar-refractivity contribution is 5.59. The zero-order valence-electron chi connectivity index (χ0n) is 17.2. The Morgan fingerprint density at radius 2 is 1.70 bits per heavy atom. The molecule has 3 atom stereocenters. The zero-order chi connectivity index (χ0) is 20.7. The second kappa shape index (κ2) is 7.74. The van der Waals surface area contributed by atoms with Gasteiger partial charge in [0, 0.05) is 24.7 Å². The van der Waals surface area contributed by atoms with Crippen molar-refractivity contribution < 1.29 is 9.13 Å². The lowest BCUT2D eigenvalue weighted by Crippen LogP contribution is -2.39. The van der Waals surface area contributed by atoms with Crippen LogP contribution in [0.5, 0.6) is 5.75 Å². The van der Waals surface area contributed by atoms with Crippen LogP contribution in [0.25, 0.3) is 0 Å². The van der Waals surface area contributed by atoms with E-state index in [0.717, 1.165) is 30.1 Å². The minimum Gasteiger partial charge on any atom is -0.497 e. The summed E-state index contributed by atoms with van der Waals surface area (Å²) in [6.45, 7) is 3.79. The molecular weight excluding hydrogens is 377 g/mol. The number of nitrogens with one attached hydrogen (secondary N) is 2. The summed E-state index contributed by atoms with van der Waals surface area (Å²) in [5.74, 6) is 0.927. The molecule has 2 N–H and O–H groups in total. The molecule has 1 fully saturated rings. The van der Waals surface area contributed by atoms with E-state index in [0.29, 0.717) is 0 Å². The maximum atomic E-state index is 14.2. The van der Waals surface area contributed by atoms with E-state index in [2.05, 4.69) is 59.1 Å². The Labute approximate surface area is 176 Å². The fourth-order valence-electron chi connectivity index (χ4n) is 4.73. The summed E-state index contributed by atoms with van der Waals surface area (Å²) in [4.78, 5) is 2.38. The molecule has 2 aliphatic heterocycles. The largest absolute Gasteiger partial charge is 0.497 e. The third kappa shape index (κ3) is 3.44. The summed E-state index contributed by atoms with van der Waals surface area (Å²) in [7, 11) is 1.68. The summed E-state index contributed by atoms with van der Waals surface area (Å²) in [6.07, 6.45) is 0. The van der Waals surface area contributed by atoms with Crippen molar-refractivity contribution >= 4 is 5.69 Å². The number of rotatable bonds is 4. The lowest BCUT2D eigenvalue weighted by atomic mass is 9.82. The van der Waals surface area contributed by atoms with Gasteiger partial charge in [-0.1, -0.05) is 42.0 Å². The van der Waals surface area contributed by atoms with Gasteiger partial charge in [-0.2, -0.15) is 0 Å². The smallest absolute Gasteiger partial charge is 0.123 e. The minimum atomic E-state index is -0.195. The Morgan fingerprint density at radius 1 is 0.967 bits per heavy atom. The number of fused-ring (bicyclic) bond motifs is 3. The highest BCUT2D eigenvalue weighted by atomic mass is 19.1. The van der Waals surface area contributed by atoms with Crippen LogP contribution < -0.4 is 20.5 Å². The van der Waals surface area contributed by atoms with E-state index in [4.69, 9.17) is 4.74 Å². The van der Waals surface area contributed by atoms with Gasteiger partial charge in [0.25, 0.3) is 0 Å². The Bertz CT molecular complexity index is 1040. The predicted octanol–water partition coefficient (Wildman–Crippen LogP) is 4.67. The fraction of sp³-hybridized carbons (Fsp3) is 0.280. The number of halogens is 1. The van der Waals surface area contributed by atoms with Gasteiger partial charge in [-0.3, -0.25) is 0 Å². The molecule has 0 saturated carbocycles. The molecule has 4 nitrogen and oxygen atoms in total. The summed E-state index contributed by atoms with van der Waals surface area (Å²) >= 11 is 0. The minimum absolute atomic E-state index is 0.0667. The number of benzene rings is 3. The van der Waals surface area contributed by atoms with Crippen molar-refractivity contribution in [3.8, 4) is 5.75 Å². The molecule has 2 aliphatic rings. The molecule has 1 saturated heterocycles. The van der Waals surface area contributed by atoms with Gasteiger partial charge in [0.1, 0.15) is 11.6 Å².